The van der Waals surface area contributed by atoms with E-state index in [9.17, 15) is 4.79 Å². The molecule has 1 fully saturated rings. The fourth-order valence-electron chi connectivity index (χ4n) is 3.27. The standard InChI is InChI=1S/C20H27N3O3/c1-3-25-20-16(8-7-11-21-20)14-22-19(24)18-10-9-17(26-18)15(2)23-12-5-4-6-13-23/h7-11,15H,3-6,12-14H2,1-2H3,(H,22,24). The molecular formula is C20H27N3O3. The smallest absolute Gasteiger partial charge is 0.287 e. The number of rotatable bonds is 7. The maximum Gasteiger partial charge on any atom is 0.287 e. The summed E-state index contributed by atoms with van der Waals surface area (Å²) in [5.74, 6) is 1.50. The van der Waals surface area contributed by atoms with Gasteiger partial charge < -0.3 is 14.5 Å². The summed E-state index contributed by atoms with van der Waals surface area (Å²) in [6.07, 6.45) is 5.43. The molecule has 6 heteroatoms. The molecule has 1 saturated heterocycles. The average Bonchev–Trinajstić information content (AvgIpc) is 3.18. The molecule has 3 heterocycles. The number of furan rings is 1. The first kappa shape index (κ1) is 18.5. The molecular weight excluding hydrogens is 330 g/mol. The Balaban J connectivity index is 1.60. The third-order valence-electron chi connectivity index (χ3n) is 4.77. The van der Waals surface area contributed by atoms with Crippen molar-refractivity contribution in [1.82, 2.24) is 15.2 Å². The highest BCUT2D eigenvalue weighted by atomic mass is 16.5. The van der Waals surface area contributed by atoms with Gasteiger partial charge in [-0.15, -0.1) is 0 Å². The molecule has 1 atom stereocenters. The van der Waals surface area contributed by atoms with Crippen LogP contribution in [0, 0.1) is 0 Å². The molecule has 2 aromatic rings. The van der Waals surface area contributed by atoms with Gasteiger partial charge in [-0.1, -0.05) is 12.5 Å². The van der Waals surface area contributed by atoms with E-state index in [4.69, 9.17) is 9.15 Å². The summed E-state index contributed by atoms with van der Waals surface area (Å²) in [5, 5.41) is 2.88. The second-order valence-corrected chi connectivity index (χ2v) is 6.56. The molecule has 3 rings (SSSR count). The maximum absolute atomic E-state index is 12.4. The predicted octanol–water partition coefficient (Wildman–Crippen LogP) is 3.55. The number of hydrogen-bond acceptors (Lipinski definition) is 5. The van der Waals surface area contributed by atoms with E-state index in [1.54, 1.807) is 12.3 Å². The summed E-state index contributed by atoms with van der Waals surface area (Å²) in [6, 6.07) is 7.57. The number of ether oxygens (including phenoxy) is 1. The van der Waals surface area contributed by atoms with Gasteiger partial charge >= 0.3 is 0 Å². The van der Waals surface area contributed by atoms with E-state index in [-0.39, 0.29) is 11.9 Å². The molecule has 1 N–H and O–H groups in total. The molecule has 0 spiro atoms. The Bertz CT molecular complexity index is 723. The molecule has 1 amide bonds. The number of amides is 1. The monoisotopic (exact) mass is 357 g/mol. The Morgan fingerprint density at radius 1 is 1.31 bits per heavy atom. The fourth-order valence-corrected chi connectivity index (χ4v) is 3.27. The third-order valence-corrected chi connectivity index (χ3v) is 4.77. The Hall–Kier alpha value is -2.34. The summed E-state index contributed by atoms with van der Waals surface area (Å²) < 4.78 is 11.3. The van der Waals surface area contributed by atoms with Crippen molar-refractivity contribution < 1.29 is 13.9 Å². The van der Waals surface area contributed by atoms with E-state index in [0.29, 0.717) is 24.8 Å². The van der Waals surface area contributed by atoms with Crippen LogP contribution in [-0.4, -0.2) is 35.5 Å². The number of hydrogen-bond donors (Lipinski definition) is 1. The maximum atomic E-state index is 12.4. The second-order valence-electron chi connectivity index (χ2n) is 6.56. The first-order chi connectivity index (χ1) is 12.7. The van der Waals surface area contributed by atoms with Crippen LogP contribution in [0.15, 0.2) is 34.9 Å². The summed E-state index contributed by atoms with van der Waals surface area (Å²) in [7, 11) is 0. The Morgan fingerprint density at radius 2 is 2.12 bits per heavy atom. The number of nitrogens with one attached hydrogen (secondary N) is 1. The van der Waals surface area contributed by atoms with Crippen LogP contribution >= 0.6 is 0 Å². The highest BCUT2D eigenvalue weighted by Crippen LogP contribution is 2.25. The van der Waals surface area contributed by atoms with E-state index < -0.39 is 0 Å². The van der Waals surface area contributed by atoms with Crippen molar-refractivity contribution in [2.75, 3.05) is 19.7 Å². The van der Waals surface area contributed by atoms with Crippen molar-refractivity contribution in [2.24, 2.45) is 0 Å². The number of pyridine rings is 1. The van der Waals surface area contributed by atoms with Crippen molar-refractivity contribution in [2.45, 2.75) is 45.7 Å². The summed E-state index contributed by atoms with van der Waals surface area (Å²) in [6.45, 7) is 7.10. The molecule has 2 aromatic heterocycles. The van der Waals surface area contributed by atoms with Gasteiger partial charge in [0, 0.05) is 18.3 Å². The normalized spacial score (nSPS) is 16.2. The van der Waals surface area contributed by atoms with Crippen LogP contribution in [0.3, 0.4) is 0 Å². The molecule has 0 aromatic carbocycles. The zero-order valence-electron chi connectivity index (χ0n) is 15.5. The van der Waals surface area contributed by atoms with Crippen molar-refractivity contribution in [1.29, 1.82) is 0 Å². The van der Waals surface area contributed by atoms with Crippen LogP contribution < -0.4 is 10.1 Å². The molecule has 26 heavy (non-hydrogen) atoms. The first-order valence-electron chi connectivity index (χ1n) is 9.37. The van der Waals surface area contributed by atoms with Crippen LogP contribution in [-0.2, 0) is 6.54 Å². The van der Waals surface area contributed by atoms with Gasteiger partial charge in [-0.05, 0) is 58.0 Å². The Labute approximate surface area is 154 Å². The van der Waals surface area contributed by atoms with Crippen molar-refractivity contribution in [3.05, 3.63) is 47.5 Å². The Kier molecular flexibility index (Phi) is 6.28. The average molecular weight is 357 g/mol. The minimum Gasteiger partial charge on any atom is -0.478 e. The fraction of sp³-hybridized carbons (Fsp3) is 0.500. The Morgan fingerprint density at radius 3 is 2.88 bits per heavy atom. The van der Waals surface area contributed by atoms with E-state index in [1.807, 2.05) is 25.1 Å². The predicted molar refractivity (Wildman–Crippen MR) is 99.1 cm³/mol. The van der Waals surface area contributed by atoms with Gasteiger partial charge in [0.25, 0.3) is 5.91 Å². The highest BCUT2D eigenvalue weighted by molar-refractivity contribution is 5.91. The van der Waals surface area contributed by atoms with Crippen molar-refractivity contribution >= 4 is 5.91 Å². The summed E-state index contributed by atoms with van der Waals surface area (Å²) in [5.41, 5.74) is 0.844. The van der Waals surface area contributed by atoms with Crippen LogP contribution in [0.4, 0.5) is 0 Å². The third kappa shape index (κ3) is 4.43. The molecule has 0 bridgehead atoms. The molecule has 1 unspecified atom stereocenters. The molecule has 0 aliphatic carbocycles. The highest BCUT2D eigenvalue weighted by Gasteiger charge is 2.22. The quantitative estimate of drug-likeness (QED) is 0.821. The second kappa shape index (κ2) is 8.85. The number of aromatic nitrogens is 1. The largest absolute Gasteiger partial charge is 0.478 e. The van der Waals surface area contributed by atoms with Gasteiger partial charge in [0.1, 0.15) is 5.76 Å². The van der Waals surface area contributed by atoms with Gasteiger partial charge in [0.2, 0.25) is 5.88 Å². The molecule has 1 aliphatic heterocycles. The van der Waals surface area contributed by atoms with Crippen LogP contribution in [0.2, 0.25) is 0 Å². The minimum absolute atomic E-state index is 0.194. The topological polar surface area (TPSA) is 67.6 Å². The first-order valence-corrected chi connectivity index (χ1v) is 9.37. The lowest BCUT2D eigenvalue weighted by atomic mass is 10.1. The van der Waals surface area contributed by atoms with Crippen LogP contribution in [0.5, 0.6) is 5.88 Å². The summed E-state index contributed by atoms with van der Waals surface area (Å²) in [4.78, 5) is 19.0. The number of carbonyl (C=O) groups is 1. The minimum atomic E-state index is -0.228. The lowest BCUT2D eigenvalue weighted by Gasteiger charge is -2.31. The number of carbonyl (C=O) groups excluding carboxylic acids is 1. The SMILES string of the molecule is CCOc1ncccc1CNC(=O)c1ccc(C(C)N2CCCCC2)o1. The van der Waals surface area contributed by atoms with Gasteiger partial charge in [-0.3, -0.25) is 9.69 Å². The van der Waals surface area contributed by atoms with E-state index in [0.717, 1.165) is 24.4 Å². The molecule has 0 radical (unpaired) electrons. The molecule has 6 nitrogen and oxygen atoms in total. The van der Waals surface area contributed by atoms with Gasteiger partial charge in [0.15, 0.2) is 5.76 Å². The summed E-state index contributed by atoms with van der Waals surface area (Å²) >= 11 is 0. The van der Waals surface area contributed by atoms with Crippen molar-refractivity contribution in [3.8, 4) is 5.88 Å². The molecule has 1 aliphatic rings. The van der Waals surface area contributed by atoms with Crippen LogP contribution in [0.25, 0.3) is 0 Å². The van der Waals surface area contributed by atoms with Gasteiger partial charge in [-0.2, -0.15) is 0 Å². The molecule has 140 valence electrons. The van der Waals surface area contributed by atoms with Gasteiger partial charge in [0.05, 0.1) is 12.6 Å². The van der Waals surface area contributed by atoms with Crippen LogP contribution in [0.1, 0.15) is 61.0 Å². The van der Waals surface area contributed by atoms with E-state index in [1.165, 1.54) is 19.3 Å². The zero-order valence-corrected chi connectivity index (χ0v) is 15.5. The van der Waals surface area contributed by atoms with E-state index in [2.05, 4.69) is 22.1 Å². The zero-order chi connectivity index (χ0) is 18.4. The molecule has 0 saturated carbocycles. The lowest BCUT2D eigenvalue weighted by molar-refractivity contribution is 0.0913. The number of likely N-dealkylation sites (tertiary alicyclic amines) is 1. The number of nitrogens with zero attached hydrogens (tertiary/aromatic N) is 2. The van der Waals surface area contributed by atoms with E-state index >= 15 is 0 Å². The number of piperidine rings is 1. The van der Waals surface area contributed by atoms with Crippen molar-refractivity contribution in [3.63, 3.8) is 0 Å². The lowest BCUT2D eigenvalue weighted by Crippen LogP contribution is -2.32. The van der Waals surface area contributed by atoms with Gasteiger partial charge in [-0.25, -0.2) is 4.98 Å².